The molecule has 0 N–H and O–H groups in total. The number of halogens is 2. The highest BCUT2D eigenvalue weighted by atomic mass is 32.3. The van der Waals surface area contributed by atoms with Crippen LogP contribution in [0.2, 0.25) is 0 Å². The van der Waals surface area contributed by atoms with Crippen molar-refractivity contribution in [3.8, 4) is 0 Å². The molecule has 0 unspecified atom stereocenters. The van der Waals surface area contributed by atoms with Gasteiger partial charge >= 0.3 is 0 Å². The van der Waals surface area contributed by atoms with Crippen LogP contribution >= 0.6 is 0 Å². The van der Waals surface area contributed by atoms with E-state index < -0.39 is 42.1 Å². The molecular formula is C32H37F2NO3S2. The van der Waals surface area contributed by atoms with Crippen LogP contribution in [0.4, 0.5) is 8.78 Å². The molecule has 3 aromatic carbocycles. The molecule has 214 valence electrons. The smallest absolute Gasteiger partial charge is 0.243 e. The van der Waals surface area contributed by atoms with Gasteiger partial charge in [0.2, 0.25) is 0 Å². The van der Waals surface area contributed by atoms with E-state index in [0.717, 1.165) is 17.7 Å². The topological polar surface area (TPSA) is 63.6 Å². The normalized spacial score (nSPS) is 20.5. The molecule has 1 fully saturated rings. The summed E-state index contributed by atoms with van der Waals surface area (Å²) in [5, 5.41) is -0.880. The molecule has 8 heteroatoms. The van der Waals surface area contributed by atoms with Crippen LogP contribution in [0.25, 0.3) is 0 Å². The second kappa shape index (κ2) is 10.9. The van der Waals surface area contributed by atoms with Crippen LogP contribution in [0, 0.1) is 11.6 Å². The first-order valence-electron chi connectivity index (χ1n) is 13.5. The van der Waals surface area contributed by atoms with Crippen molar-refractivity contribution in [2.45, 2.75) is 86.2 Å². The van der Waals surface area contributed by atoms with Crippen molar-refractivity contribution >= 4 is 19.8 Å². The van der Waals surface area contributed by atoms with Crippen LogP contribution in [0.15, 0.2) is 86.9 Å². The van der Waals surface area contributed by atoms with Gasteiger partial charge in [-0.25, -0.2) is 13.0 Å². The van der Waals surface area contributed by atoms with E-state index in [4.69, 9.17) is 0 Å². The highest BCUT2D eigenvalue weighted by Crippen LogP contribution is 2.57. The zero-order chi connectivity index (χ0) is 29.6. The maximum Gasteiger partial charge on any atom is 0.290 e. The summed E-state index contributed by atoms with van der Waals surface area (Å²) in [5.41, 5.74) is 1.24. The molecule has 0 amide bonds. The minimum Gasteiger partial charge on any atom is -0.243 e. The molecule has 4 nitrogen and oxygen atoms in total. The molecule has 3 atom stereocenters. The fourth-order valence-corrected chi connectivity index (χ4v) is 10.9. The Morgan fingerprint density at radius 2 is 1.45 bits per heavy atom. The lowest BCUT2D eigenvalue weighted by molar-refractivity contribution is 0.564. The molecule has 4 rings (SSSR count). The Hall–Kier alpha value is -2.84. The van der Waals surface area contributed by atoms with Gasteiger partial charge in [-0.2, -0.15) is 8.42 Å². The third-order valence-electron chi connectivity index (χ3n) is 7.75. The summed E-state index contributed by atoms with van der Waals surface area (Å²) < 4.78 is 76.7. The van der Waals surface area contributed by atoms with Gasteiger partial charge in [0.1, 0.15) is 11.6 Å². The first-order valence-corrected chi connectivity index (χ1v) is 16.5. The molecule has 1 aliphatic rings. The predicted octanol–water partition coefficient (Wildman–Crippen LogP) is 8.45. The molecule has 0 spiro atoms. The van der Waals surface area contributed by atoms with Crippen molar-refractivity contribution in [1.82, 2.24) is 0 Å². The van der Waals surface area contributed by atoms with Gasteiger partial charge in [0.25, 0.3) is 10.0 Å². The van der Waals surface area contributed by atoms with Crippen LogP contribution in [0.1, 0.15) is 88.0 Å². The van der Waals surface area contributed by atoms with E-state index >= 15 is 4.21 Å². The maximum absolute atomic E-state index is 15.0. The van der Waals surface area contributed by atoms with Gasteiger partial charge in [-0.05, 0) is 64.6 Å². The second-order valence-corrected chi connectivity index (χ2v) is 15.6. The first kappa shape index (κ1) is 30.1. The zero-order valence-corrected chi connectivity index (χ0v) is 25.5. The Kier molecular flexibility index (Phi) is 8.18. The van der Waals surface area contributed by atoms with Gasteiger partial charge in [0.15, 0.2) is 0 Å². The Morgan fingerprint density at radius 1 is 0.875 bits per heavy atom. The molecule has 40 heavy (non-hydrogen) atoms. The lowest BCUT2D eigenvalue weighted by Crippen LogP contribution is -2.21. The second-order valence-electron chi connectivity index (χ2n) is 11.5. The van der Waals surface area contributed by atoms with Gasteiger partial charge in [0.05, 0.1) is 19.9 Å². The molecule has 0 aliphatic heterocycles. The van der Waals surface area contributed by atoms with E-state index in [-0.39, 0.29) is 39.5 Å². The number of rotatable bonds is 9. The number of benzene rings is 3. The van der Waals surface area contributed by atoms with E-state index in [1.165, 1.54) is 12.1 Å². The minimum atomic E-state index is -4.46. The monoisotopic (exact) mass is 585 g/mol. The van der Waals surface area contributed by atoms with E-state index in [2.05, 4.69) is 24.2 Å². The van der Waals surface area contributed by atoms with Gasteiger partial charge in [-0.1, -0.05) is 84.0 Å². The largest absolute Gasteiger partial charge is 0.290 e. The lowest BCUT2D eigenvalue weighted by atomic mass is 9.89. The third-order valence-corrected chi connectivity index (χ3v) is 12.7. The summed E-state index contributed by atoms with van der Waals surface area (Å²) in [4.78, 5) is 0.328. The fourth-order valence-electron chi connectivity index (χ4n) is 5.37. The first-order chi connectivity index (χ1) is 18.7. The highest BCUT2D eigenvalue weighted by molar-refractivity contribution is 8.04. The van der Waals surface area contributed by atoms with E-state index in [0.29, 0.717) is 11.1 Å². The van der Waals surface area contributed by atoms with E-state index in [9.17, 15) is 17.2 Å². The SMILES string of the molecule is C=C[C@@]1(c2ccc(F)cc2F)C[C@H]1[S@](=O)(=NS(=O)(=O)c1c(C(C)C)cc(C(C)C)cc1C(C)C)c1ccccc1. The number of hydrogen-bond donors (Lipinski definition) is 0. The Balaban J connectivity index is 2.02. The van der Waals surface area contributed by atoms with Gasteiger partial charge in [0, 0.05) is 16.4 Å². The van der Waals surface area contributed by atoms with Crippen LogP contribution in [-0.2, 0) is 25.2 Å². The van der Waals surface area contributed by atoms with Crippen molar-refractivity contribution < 1.29 is 21.4 Å². The Labute approximate surface area is 237 Å². The van der Waals surface area contributed by atoms with Crippen molar-refractivity contribution in [3.63, 3.8) is 0 Å². The summed E-state index contributed by atoms with van der Waals surface area (Å²) in [7, 11) is -8.14. The summed E-state index contributed by atoms with van der Waals surface area (Å²) in [6.07, 6.45) is 1.64. The molecule has 0 bridgehead atoms. The highest BCUT2D eigenvalue weighted by Gasteiger charge is 2.61. The Morgan fingerprint density at radius 3 is 1.93 bits per heavy atom. The van der Waals surface area contributed by atoms with Crippen LogP contribution in [-0.4, -0.2) is 17.9 Å². The van der Waals surface area contributed by atoms with Gasteiger partial charge in [-0.3, -0.25) is 0 Å². The molecule has 1 saturated carbocycles. The zero-order valence-electron chi connectivity index (χ0n) is 23.8. The predicted molar refractivity (Wildman–Crippen MR) is 158 cm³/mol. The van der Waals surface area contributed by atoms with E-state index in [1.54, 1.807) is 30.3 Å². The van der Waals surface area contributed by atoms with Crippen LogP contribution < -0.4 is 0 Å². The van der Waals surface area contributed by atoms with E-state index in [1.807, 2.05) is 39.8 Å². The fraction of sp³-hybridized carbons (Fsp3) is 0.375. The summed E-state index contributed by atoms with van der Waals surface area (Å²) in [5.74, 6) is -1.62. The number of sulfonamides is 1. The lowest BCUT2D eigenvalue weighted by Gasteiger charge is -2.22. The number of nitrogens with zero attached hydrogens (tertiary/aromatic N) is 1. The summed E-state index contributed by atoms with van der Waals surface area (Å²) >= 11 is 0. The Bertz CT molecular complexity index is 1640. The number of hydrogen-bond acceptors (Lipinski definition) is 3. The molecule has 0 aromatic heterocycles. The van der Waals surface area contributed by atoms with Crippen molar-refractivity contribution in [2.24, 2.45) is 3.77 Å². The van der Waals surface area contributed by atoms with Crippen LogP contribution in [0.3, 0.4) is 0 Å². The quantitative estimate of drug-likeness (QED) is 0.237. The van der Waals surface area contributed by atoms with Crippen molar-refractivity contribution in [3.05, 3.63) is 107 Å². The molecule has 3 aromatic rings. The summed E-state index contributed by atoms with van der Waals surface area (Å²) in [6.45, 7) is 15.7. The van der Waals surface area contributed by atoms with Crippen molar-refractivity contribution in [2.75, 3.05) is 0 Å². The van der Waals surface area contributed by atoms with Gasteiger partial charge in [-0.15, -0.1) is 10.3 Å². The maximum atomic E-state index is 15.0. The average Bonchev–Trinajstić information content (AvgIpc) is 3.64. The minimum absolute atomic E-state index is 0.0865. The molecule has 0 radical (unpaired) electrons. The molecular weight excluding hydrogens is 548 g/mol. The molecule has 0 saturated heterocycles. The van der Waals surface area contributed by atoms with Crippen molar-refractivity contribution in [1.29, 1.82) is 0 Å². The molecule has 1 aliphatic carbocycles. The average molecular weight is 586 g/mol. The standard InChI is InChI=1S/C32H37F2NO3S2/c1-8-32(28-15-14-24(33)18-29(28)34)19-30(32)39(36,25-12-10-9-11-13-25)35-40(37,38)31-26(21(4)5)16-23(20(2)3)17-27(31)22(6)7/h8-18,20-22,30H,1,19H2,2-7H3/t30-,32+,39+/m1/s1. The number of allylic oxidation sites excluding steroid dienone is 1. The third kappa shape index (κ3) is 5.28. The summed E-state index contributed by atoms with van der Waals surface area (Å²) in [6, 6.07) is 15.3. The van der Waals surface area contributed by atoms with Crippen LogP contribution in [0.5, 0.6) is 0 Å². The molecule has 0 heterocycles. The van der Waals surface area contributed by atoms with Gasteiger partial charge < -0.3 is 0 Å².